The number of nitrogens with zero attached hydrogens (tertiary/aromatic N) is 3. The van der Waals surface area contributed by atoms with Crippen LogP contribution in [-0.2, 0) is 10.9 Å². The van der Waals surface area contributed by atoms with Crippen molar-refractivity contribution in [1.29, 1.82) is 5.26 Å². The number of amides is 1. The van der Waals surface area contributed by atoms with Gasteiger partial charge in [-0.1, -0.05) is 0 Å². The van der Waals surface area contributed by atoms with Crippen molar-refractivity contribution in [2.75, 3.05) is 50.9 Å². The van der Waals surface area contributed by atoms with Crippen LogP contribution in [0.15, 0.2) is 42.5 Å². The van der Waals surface area contributed by atoms with E-state index in [2.05, 4.69) is 0 Å². The van der Waals surface area contributed by atoms with E-state index < -0.39 is 22.9 Å². The maximum Gasteiger partial charge on any atom is 0.417 e. The largest absolute Gasteiger partial charge is 0.494 e. The summed E-state index contributed by atoms with van der Waals surface area (Å²) < 4.78 is 50.9. The fraction of sp³-hybridized carbons (Fsp3) is 0.481. The second kappa shape index (κ2) is 11.4. The molecule has 0 bridgehead atoms. The Balaban J connectivity index is 1.23. The summed E-state index contributed by atoms with van der Waals surface area (Å²) >= 11 is 0. The van der Waals surface area contributed by atoms with Gasteiger partial charge in [0, 0.05) is 37.4 Å². The minimum atomic E-state index is -4.60. The average Bonchev–Trinajstić information content (AvgIpc) is 2.91. The third-order valence-electron chi connectivity index (χ3n) is 6.94. The first-order chi connectivity index (χ1) is 17.7. The molecule has 2 aromatic carbocycles. The minimum Gasteiger partial charge on any atom is -0.494 e. The first-order valence-electron chi connectivity index (χ1n) is 12.4. The lowest BCUT2D eigenvalue weighted by Gasteiger charge is -2.39. The van der Waals surface area contributed by atoms with Crippen molar-refractivity contribution in [3.8, 4) is 11.8 Å². The molecule has 7 nitrogen and oxygen atoms in total. The molecule has 0 aromatic heterocycles. The van der Waals surface area contributed by atoms with Gasteiger partial charge in [0.05, 0.1) is 42.6 Å². The van der Waals surface area contributed by atoms with Crippen molar-refractivity contribution in [1.82, 2.24) is 4.90 Å². The Labute approximate surface area is 214 Å². The lowest BCUT2D eigenvalue weighted by atomic mass is 9.87. The highest BCUT2D eigenvalue weighted by Crippen LogP contribution is 2.36. The van der Waals surface area contributed by atoms with Crippen LogP contribution in [0.1, 0.15) is 47.2 Å². The molecule has 2 heterocycles. The quantitative estimate of drug-likeness (QED) is 0.553. The number of ether oxygens (including phenoxy) is 2. The third-order valence-corrected chi connectivity index (χ3v) is 6.94. The number of rotatable bonds is 7. The van der Waals surface area contributed by atoms with Crippen LogP contribution in [-0.4, -0.2) is 67.5 Å². The summed E-state index contributed by atoms with van der Waals surface area (Å²) in [5, 5.41) is 19.9. The average molecular weight is 518 g/mol. The van der Waals surface area contributed by atoms with Crippen LogP contribution in [0.2, 0.25) is 0 Å². The number of carbonyl (C=O) groups excluding carboxylic acids is 1. The van der Waals surface area contributed by atoms with Crippen LogP contribution in [0.3, 0.4) is 0 Å². The van der Waals surface area contributed by atoms with Gasteiger partial charge in [-0.05, 0) is 68.1 Å². The van der Waals surface area contributed by atoms with Gasteiger partial charge in [0.15, 0.2) is 0 Å². The van der Waals surface area contributed by atoms with Crippen LogP contribution < -0.4 is 9.64 Å². The van der Waals surface area contributed by atoms with Crippen LogP contribution in [0, 0.1) is 11.3 Å². The van der Waals surface area contributed by atoms with Crippen molar-refractivity contribution in [2.24, 2.45) is 0 Å². The molecule has 10 heteroatoms. The van der Waals surface area contributed by atoms with Crippen molar-refractivity contribution in [3.63, 3.8) is 0 Å². The summed E-state index contributed by atoms with van der Waals surface area (Å²) in [6.07, 6.45) is -2.63. The highest BCUT2D eigenvalue weighted by molar-refractivity contribution is 5.94. The molecular weight excluding hydrogens is 487 g/mol. The molecule has 2 aliphatic heterocycles. The van der Waals surface area contributed by atoms with Crippen LogP contribution >= 0.6 is 0 Å². The van der Waals surface area contributed by atoms with Gasteiger partial charge in [-0.15, -0.1) is 0 Å². The summed E-state index contributed by atoms with van der Waals surface area (Å²) in [5.41, 5.74) is -1.26. The van der Waals surface area contributed by atoms with Gasteiger partial charge < -0.3 is 24.4 Å². The van der Waals surface area contributed by atoms with Crippen LogP contribution in [0.4, 0.5) is 18.9 Å². The van der Waals surface area contributed by atoms with Gasteiger partial charge in [-0.25, -0.2) is 0 Å². The molecule has 0 spiro atoms. The Hall–Kier alpha value is -3.29. The molecule has 0 unspecified atom stereocenters. The first kappa shape index (κ1) is 26.8. The monoisotopic (exact) mass is 517 g/mol. The van der Waals surface area contributed by atoms with Gasteiger partial charge in [0.25, 0.3) is 5.91 Å². The van der Waals surface area contributed by atoms with E-state index in [1.165, 1.54) is 12.1 Å². The summed E-state index contributed by atoms with van der Waals surface area (Å²) in [6.45, 7) is 3.49. The molecule has 2 fully saturated rings. The van der Waals surface area contributed by atoms with Gasteiger partial charge in [0.1, 0.15) is 5.75 Å². The molecule has 2 aliphatic rings. The number of nitriles is 1. The highest BCUT2D eigenvalue weighted by atomic mass is 19.4. The number of halogens is 3. The molecule has 1 N–H and O–H groups in total. The molecule has 0 atom stereocenters. The zero-order chi connectivity index (χ0) is 26.5. The van der Waals surface area contributed by atoms with Crippen LogP contribution in [0.5, 0.6) is 5.75 Å². The summed E-state index contributed by atoms with van der Waals surface area (Å²) in [7, 11) is 0. The molecule has 198 valence electrons. The molecular formula is C27H30F3N3O4. The number of carbonyl (C=O) groups is 1. The highest BCUT2D eigenvalue weighted by Gasteiger charge is 2.36. The Morgan fingerprint density at radius 2 is 1.76 bits per heavy atom. The second-order valence-electron chi connectivity index (χ2n) is 9.43. The zero-order valence-electron chi connectivity index (χ0n) is 20.5. The number of aliphatic hydroxyl groups is 1. The Morgan fingerprint density at radius 3 is 2.38 bits per heavy atom. The van der Waals surface area contributed by atoms with Crippen molar-refractivity contribution < 1.29 is 32.5 Å². The standard InChI is InChI=1S/C27H30F3N3O4/c28-27(29,30)24-18-22(5-2-21(24)19-31)32-11-9-26(35,10-12-32)8-1-15-37-23-6-3-20(4-7-23)25(34)33-13-16-36-17-14-33/h2-7,18,35H,1,8-17H2. The van der Waals surface area contributed by atoms with Gasteiger partial charge in [-0.3, -0.25) is 4.79 Å². The van der Waals surface area contributed by atoms with E-state index in [1.807, 2.05) is 0 Å². The van der Waals surface area contributed by atoms with E-state index >= 15 is 0 Å². The first-order valence-corrected chi connectivity index (χ1v) is 12.4. The molecule has 0 saturated carbocycles. The number of morpholine rings is 1. The summed E-state index contributed by atoms with van der Waals surface area (Å²) in [6, 6.07) is 12.3. The van der Waals surface area contributed by atoms with Crippen molar-refractivity contribution >= 4 is 11.6 Å². The topological polar surface area (TPSA) is 86.0 Å². The molecule has 2 saturated heterocycles. The van der Waals surface area contributed by atoms with Gasteiger partial charge in [-0.2, -0.15) is 18.4 Å². The number of benzene rings is 2. The van der Waals surface area contributed by atoms with E-state index in [4.69, 9.17) is 14.7 Å². The van der Waals surface area contributed by atoms with E-state index in [9.17, 15) is 23.1 Å². The zero-order valence-corrected chi connectivity index (χ0v) is 20.5. The van der Waals surface area contributed by atoms with E-state index in [-0.39, 0.29) is 5.91 Å². The number of hydrogen-bond donors (Lipinski definition) is 1. The van der Waals surface area contributed by atoms with Crippen molar-refractivity contribution in [2.45, 2.75) is 37.5 Å². The predicted molar refractivity (Wildman–Crippen MR) is 130 cm³/mol. The molecule has 37 heavy (non-hydrogen) atoms. The predicted octanol–water partition coefficient (Wildman–Crippen LogP) is 4.24. The van der Waals surface area contributed by atoms with Crippen molar-refractivity contribution in [3.05, 3.63) is 59.2 Å². The minimum absolute atomic E-state index is 0.0287. The number of piperidine rings is 1. The molecule has 0 radical (unpaired) electrons. The lowest BCUT2D eigenvalue weighted by molar-refractivity contribution is -0.137. The molecule has 4 rings (SSSR count). The Kier molecular flexibility index (Phi) is 8.25. The van der Waals surface area contributed by atoms with E-state index in [1.54, 1.807) is 40.1 Å². The second-order valence-corrected chi connectivity index (χ2v) is 9.43. The van der Waals surface area contributed by atoms with Crippen LogP contribution in [0.25, 0.3) is 0 Å². The maximum absolute atomic E-state index is 13.3. The molecule has 1 amide bonds. The number of anilines is 1. The SMILES string of the molecule is N#Cc1ccc(N2CCC(O)(CCCOc3ccc(C(=O)N4CCOCC4)cc3)CC2)cc1C(F)(F)F. The van der Waals surface area contributed by atoms with Gasteiger partial charge >= 0.3 is 6.18 Å². The Bertz CT molecular complexity index is 1120. The van der Waals surface area contributed by atoms with E-state index in [0.29, 0.717) is 88.7 Å². The number of hydrogen-bond acceptors (Lipinski definition) is 6. The molecule has 2 aromatic rings. The lowest BCUT2D eigenvalue weighted by Crippen LogP contribution is -2.44. The third kappa shape index (κ3) is 6.73. The normalized spacial score (nSPS) is 17.8. The van der Waals surface area contributed by atoms with E-state index in [0.717, 1.165) is 6.07 Å². The molecule has 0 aliphatic carbocycles. The maximum atomic E-state index is 13.3. The smallest absolute Gasteiger partial charge is 0.417 e. The summed E-state index contributed by atoms with van der Waals surface area (Å²) in [5.74, 6) is 0.612. The van der Waals surface area contributed by atoms with Gasteiger partial charge in [0.2, 0.25) is 0 Å². The fourth-order valence-corrected chi connectivity index (χ4v) is 4.73. The fourth-order valence-electron chi connectivity index (χ4n) is 4.73. The number of alkyl halides is 3. The Morgan fingerprint density at radius 1 is 1.08 bits per heavy atom. The summed E-state index contributed by atoms with van der Waals surface area (Å²) in [4.78, 5) is 16.1.